The van der Waals surface area contributed by atoms with Crippen molar-refractivity contribution in [3.05, 3.63) is 17.5 Å². The van der Waals surface area contributed by atoms with Crippen molar-refractivity contribution in [2.75, 3.05) is 12.4 Å². The number of carbonyl (C=O) groups is 1. The summed E-state index contributed by atoms with van der Waals surface area (Å²) in [6, 6.07) is 1.76. The highest BCUT2D eigenvalue weighted by atomic mass is 79.9. The van der Waals surface area contributed by atoms with E-state index in [9.17, 15) is 4.79 Å². The van der Waals surface area contributed by atoms with Gasteiger partial charge >= 0.3 is 5.97 Å². The van der Waals surface area contributed by atoms with Gasteiger partial charge in [-0.3, -0.25) is 4.68 Å². The molecule has 0 bridgehead atoms. The number of ether oxygens (including phenoxy) is 1. The van der Waals surface area contributed by atoms with E-state index in [4.69, 9.17) is 0 Å². The summed E-state index contributed by atoms with van der Waals surface area (Å²) >= 11 is 3.39. The molecule has 1 unspecified atom stereocenters. The maximum Gasteiger partial charge on any atom is 0.358 e. The van der Waals surface area contributed by atoms with E-state index in [0.717, 1.165) is 11.0 Å². The van der Waals surface area contributed by atoms with Crippen molar-refractivity contribution in [3.8, 4) is 0 Å². The fourth-order valence-corrected chi connectivity index (χ4v) is 1.56. The van der Waals surface area contributed by atoms with Crippen LogP contribution in [0.2, 0.25) is 0 Å². The maximum atomic E-state index is 11.2. The lowest BCUT2D eigenvalue weighted by atomic mass is 10.1. The number of aromatic nitrogens is 2. The number of hydrogen-bond donors (Lipinski definition) is 0. The van der Waals surface area contributed by atoms with Gasteiger partial charge in [0.1, 0.15) is 0 Å². The van der Waals surface area contributed by atoms with Crippen LogP contribution in [0.3, 0.4) is 0 Å². The lowest BCUT2D eigenvalue weighted by Crippen LogP contribution is -2.04. The van der Waals surface area contributed by atoms with Crippen molar-refractivity contribution < 1.29 is 9.53 Å². The molecule has 78 valence electrons. The van der Waals surface area contributed by atoms with Gasteiger partial charge in [0.25, 0.3) is 0 Å². The van der Waals surface area contributed by atoms with E-state index in [1.54, 1.807) is 10.7 Å². The number of rotatable bonds is 3. The summed E-state index contributed by atoms with van der Waals surface area (Å²) in [6.07, 6.45) is 0. The highest BCUT2D eigenvalue weighted by Crippen LogP contribution is 2.18. The third kappa shape index (κ3) is 2.15. The van der Waals surface area contributed by atoms with Gasteiger partial charge in [-0.15, -0.1) is 0 Å². The van der Waals surface area contributed by atoms with Crippen LogP contribution >= 0.6 is 15.9 Å². The van der Waals surface area contributed by atoms with E-state index in [1.807, 2.05) is 7.05 Å². The van der Waals surface area contributed by atoms with Gasteiger partial charge in [0.2, 0.25) is 0 Å². The lowest BCUT2D eigenvalue weighted by Gasteiger charge is -2.06. The first-order chi connectivity index (χ1) is 6.60. The first-order valence-corrected chi connectivity index (χ1v) is 5.40. The minimum atomic E-state index is -0.395. The molecule has 0 amide bonds. The number of carbonyl (C=O) groups excluding carboxylic acids is 1. The third-order valence-corrected chi connectivity index (χ3v) is 3.02. The summed E-state index contributed by atoms with van der Waals surface area (Å²) in [5.74, 6) is -0.0699. The third-order valence-electron chi connectivity index (χ3n) is 2.05. The van der Waals surface area contributed by atoms with Crippen LogP contribution in [0.15, 0.2) is 6.07 Å². The second-order valence-electron chi connectivity index (χ2n) is 3.12. The molecule has 1 rings (SSSR count). The van der Waals surface area contributed by atoms with Crippen LogP contribution in [0, 0.1) is 0 Å². The van der Waals surface area contributed by atoms with Gasteiger partial charge in [0.15, 0.2) is 5.69 Å². The second-order valence-corrected chi connectivity index (χ2v) is 3.77. The van der Waals surface area contributed by atoms with Crippen LogP contribution in [0.1, 0.15) is 29.0 Å². The first-order valence-electron chi connectivity index (χ1n) is 4.28. The Morgan fingerprint density at radius 2 is 2.43 bits per heavy atom. The van der Waals surface area contributed by atoms with Gasteiger partial charge < -0.3 is 4.74 Å². The zero-order valence-electron chi connectivity index (χ0n) is 8.45. The molecule has 0 saturated heterocycles. The zero-order chi connectivity index (χ0) is 10.7. The van der Waals surface area contributed by atoms with Gasteiger partial charge in [0, 0.05) is 24.0 Å². The van der Waals surface area contributed by atoms with Crippen molar-refractivity contribution in [2.45, 2.75) is 12.8 Å². The average molecular weight is 261 g/mol. The molecule has 1 atom stereocenters. The molecule has 0 aliphatic carbocycles. The molecule has 4 nitrogen and oxygen atoms in total. The van der Waals surface area contributed by atoms with Crippen LogP contribution in [0.5, 0.6) is 0 Å². The second kappa shape index (κ2) is 4.59. The summed E-state index contributed by atoms with van der Waals surface area (Å²) < 4.78 is 6.30. The van der Waals surface area contributed by atoms with Crippen molar-refractivity contribution in [3.63, 3.8) is 0 Å². The number of methoxy groups -OCH3 is 1. The summed E-state index contributed by atoms with van der Waals surface area (Å²) in [7, 11) is 3.17. The summed E-state index contributed by atoms with van der Waals surface area (Å²) in [5.41, 5.74) is 1.38. The normalized spacial score (nSPS) is 12.6. The average Bonchev–Trinajstić information content (AvgIpc) is 2.58. The number of nitrogens with zero attached hydrogens (tertiary/aromatic N) is 2. The Morgan fingerprint density at radius 1 is 1.79 bits per heavy atom. The van der Waals surface area contributed by atoms with Crippen LogP contribution in [0.25, 0.3) is 0 Å². The molecule has 1 heterocycles. The summed E-state index contributed by atoms with van der Waals surface area (Å²) in [6.45, 7) is 2.06. The molecule has 0 saturated carbocycles. The Morgan fingerprint density at radius 3 is 2.93 bits per heavy atom. The molecule has 1 aromatic heterocycles. The molecule has 0 spiro atoms. The Balaban J connectivity index is 2.98. The molecule has 5 heteroatoms. The molecule has 0 aromatic carbocycles. The predicted octanol–water partition coefficient (Wildman–Crippen LogP) is 1.71. The molecule has 0 N–H and O–H groups in total. The topological polar surface area (TPSA) is 44.1 Å². The zero-order valence-corrected chi connectivity index (χ0v) is 10.0. The highest BCUT2D eigenvalue weighted by molar-refractivity contribution is 9.09. The van der Waals surface area contributed by atoms with E-state index in [2.05, 4.69) is 32.7 Å². The smallest absolute Gasteiger partial charge is 0.358 e. The fourth-order valence-electron chi connectivity index (χ4n) is 1.23. The van der Waals surface area contributed by atoms with Gasteiger partial charge in [-0.05, 0) is 6.07 Å². The maximum absolute atomic E-state index is 11.2. The molecule has 0 aliphatic heterocycles. The monoisotopic (exact) mass is 260 g/mol. The predicted molar refractivity (Wildman–Crippen MR) is 56.8 cm³/mol. The van der Waals surface area contributed by atoms with Crippen LogP contribution < -0.4 is 0 Å². The number of esters is 1. The standard InChI is InChI=1S/C9H13BrN2O2/c1-6(5-10)8-4-7(9(13)14-3)11-12(8)2/h4,6H,5H2,1-3H3. The Hall–Kier alpha value is -0.840. The molecule has 0 fully saturated rings. The van der Waals surface area contributed by atoms with Crippen LogP contribution in [-0.2, 0) is 11.8 Å². The first kappa shape index (κ1) is 11.2. The number of aryl methyl sites for hydroxylation is 1. The van der Waals surface area contributed by atoms with Gasteiger partial charge in [-0.25, -0.2) is 4.79 Å². The molecule has 0 aliphatic rings. The SMILES string of the molecule is COC(=O)c1cc(C(C)CBr)n(C)n1. The van der Waals surface area contributed by atoms with Crippen molar-refractivity contribution >= 4 is 21.9 Å². The van der Waals surface area contributed by atoms with Crippen molar-refractivity contribution in [1.82, 2.24) is 9.78 Å². The summed E-state index contributed by atoms with van der Waals surface area (Å²) in [5, 5.41) is 4.91. The van der Waals surface area contributed by atoms with E-state index in [-0.39, 0.29) is 0 Å². The van der Waals surface area contributed by atoms with E-state index < -0.39 is 5.97 Å². The Bertz CT molecular complexity index is 336. The molecular weight excluding hydrogens is 248 g/mol. The van der Waals surface area contributed by atoms with Gasteiger partial charge in [0.05, 0.1) is 7.11 Å². The molecule has 0 radical (unpaired) electrons. The Kier molecular flexibility index (Phi) is 3.69. The molecule has 1 aromatic rings. The van der Waals surface area contributed by atoms with Gasteiger partial charge in [-0.1, -0.05) is 22.9 Å². The Labute approximate surface area is 91.4 Å². The largest absolute Gasteiger partial charge is 0.464 e. The minimum absolute atomic E-state index is 0.325. The van der Waals surface area contributed by atoms with E-state index >= 15 is 0 Å². The lowest BCUT2D eigenvalue weighted by molar-refractivity contribution is 0.0593. The van der Waals surface area contributed by atoms with Crippen LogP contribution in [0.4, 0.5) is 0 Å². The number of halogens is 1. The summed E-state index contributed by atoms with van der Waals surface area (Å²) in [4.78, 5) is 11.2. The fraction of sp³-hybridized carbons (Fsp3) is 0.556. The van der Waals surface area contributed by atoms with E-state index in [0.29, 0.717) is 11.6 Å². The van der Waals surface area contributed by atoms with Gasteiger partial charge in [-0.2, -0.15) is 5.10 Å². The van der Waals surface area contributed by atoms with Crippen LogP contribution in [-0.4, -0.2) is 28.2 Å². The molecular formula is C9H13BrN2O2. The number of alkyl halides is 1. The van der Waals surface area contributed by atoms with E-state index in [1.165, 1.54) is 7.11 Å². The van der Waals surface area contributed by atoms with Crippen molar-refractivity contribution in [1.29, 1.82) is 0 Å². The quantitative estimate of drug-likeness (QED) is 0.614. The highest BCUT2D eigenvalue weighted by Gasteiger charge is 2.15. The minimum Gasteiger partial charge on any atom is -0.464 e. The molecule has 14 heavy (non-hydrogen) atoms. The van der Waals surface area contributed by atoms with Crippen molar-refractivity contribution in [2.24, 2.45) is 7.05 Å². The number of hydrogen-bond acceptors (Lipinski definition) is 3.